The standard InChI is InChI=1S/C13H17FN2/c14-7-3-9-16-10-11(6-8-15)12-4-1-2-5-13(12)16/h1-2,4-5,10H,3,6-9,15H2. The number of alkyl halides is 1. The summed E-state index contributed by atoms with van der Waals surface area (Å²) in [6.07, 6.45) is 3.55. The number of hydrogen-bond donors (Lipinski definition) is 1. The van der Waals surface area contributed by atoms with Crippen molar-refractivity contribution in [2.75, 3.05) is 13.2 Å². The van der Waals surface area contributed by atoms with Gasteiger partial charge in [0.15, 0.2) is 0 Å². The molecule has 0 bridgehead atoms. The molecular formula is C13H17FN2. The molecule has 0 saturated heterocycles. The second kappa shape index (κ2) is 5.12. The molecule has 1 aromatic carbocycles. The zero-order valence-electron chi connectivity index (χ0n) is 9.32. The van der Waals surface area contributed by atoms with Crippen molar-refractivity contribution in [1.82, 2.24) is 4.57 Å². The Kier molecular flexibility index (Phi) is 3.57. The van der Waals surface area contributed by atoms with Gasteiger partial charge in [-0.3, -0.25) is 4.39 Å². The fourth-order valence-electron chi connectivity index (χ4n) is 2.09. The van der Waals surface area contributed by atoms with Gasteiger partial charge in [0.1, 0.15) is 0 Å². The molecule has 0 fully saturated rings. The van der Waals surface area contributed by atoms with E-state index in [-0.39, 0.29) is 6.67 Å². The van der Waals surface area contributed by atoms with E-state index in [9.17, 15) is 4.39 Å². The number of rotatable bonds is 5. The van der Waals surface area contributed by atoms with Crippen LogP contribution in [0.1, 0.15) is 12.0 Å². The predicted octanol–water partition coefficient (Wildman–Crippen LogP) is 2.50. The minimum atomic E-state index is -0.265. The lowest BCUT2D eigenvalue weighted by Gasteiger charge is -2.02. The summed E-state index contributed by atoms with van der Waals surface area (Å²) in [5, 5.41) is 1.24. The van der Waals surface area contributed by atoms with Gasteiger partial charge in [0, 0.05) is 23.6 Å². The average molecular weight is 220 g/mol. The molecule has 3 heteroatoms. The first-order chi connectivity index (χ1) is 7.86. The average Bonchev–Trinajstić information content (AvgIpc) is 2.66. The lowest BCUT2D eigenvalue weighted by Crippen LogP contribution is -2.02. The third-order valence-corrected chi connectivity index (χ3v) is 2.82. The Hall–Kier alpha value is -1.35. The van der Waals surface area contributed by atoms with Crippen molar-refractivity contribution < 1.29 is 4.39 Å². The molecule has 1 heterocycles. The van der Waals surface area contributed by atoms with Gasteiger partial charge in [0.25, 0.3) is 0 Å². The molecule has 2 N–H and O–H groups in total. The van der Waals surface area contributed by atoms with Gasteiger partial charge in [-0.25, -0.2) is 0 Å². The zero-order valence-corrected chi connectivity index (χ0v) is 9.32. The van der Waals surface area contributed by atoms with Crippen molar-refractivity contribution in [3.05, 3.63) is 36.0 Å². The number of halogens is 1. The van der Waals surface area contributed by atoms with Crippen LogP contribution in [0.4, 0.5) is 4.39 Å². The Morgan fingerprint density at radius 2 is 2.06 bits per heavy atom. The highest BCUT2D eigenvalue weighted by Gasteiger charge is 2.06. The lowest BCUT2D eigenvalue weighted by molar-refractivity contribution is 0.450. The van der Waals surface area contributed by atoms with Crippen LogP contribution >= 0.6 is 0 Å². The molecule has 0 aliphatic rings. The van der Waals surface area contributed by atoms with E-state index < -0.39 is 0 Å². The number of fused-ring (bicyclic) bond motifs is 1. The van der Waals surface area contributed by atoms with Crippen molar-refractivity contribution in [1.29, 1.82) is 0 Å². The van der Waals surface area contributed by atoms with Crippen LogP contribution in [0.15, 0.2) is 30.5 Å². The number of para-hydroxylation sites is 1. The van der Waals surface area contributed by atoms with Gasteiger partial charge >= 0.3 is 0 Å². The van der Waals surface area contributed by atoms with E-state index in [0.29, 0.717) is 13.0 Å². The van der Waals surface area contributed by atoms with Crippen molar-refractivity contribution >= 4 is 10.9 Å². The molecule has 86 valence electrons. The first kappa shape index (κ1) is 11.1. The van der Waals surface area contributed by atoms with E-state index in [0.717, 1.165) is 13.0 Å². The van der Waals surface area contributed by atoms with Crippen molar-refractivity contribution in [2.24, 2.45) is 5.73 Å². The molecule has 1 aromatic heterocycles. The van der Waals surface area contributed by atoms with Crippen LogP contribution in [-0.2, 0) is 13.0 Å². The number of benzene rings is 1. The van der Waals surface area contributed by atoms with E-state index in [2.05, 4.69) is 22.9 Å². The van der Waals surface area contributed by atoms with E-state index in [1.807, 2.05) is 12.1 Å². The Bertz CT molecular complexity index is 462. The van der Waals surface area contributed by atoms with Gasteiger partial charge in [-0.05, 0) is 31.0 Å². The van der Waals surface area contributed by atoms with Crippen LogP contribution < -0.4 is 5.73 Å². The van der Waals surface area contributed by atoms with Crippen LogP contribution in [0.2, 0.25) is 0 Å². The van der Waals surface area contributed by atoms with Crippen molar-refractivity contribution in [3.8, 4) is 0 Å². The fraction of sp³-hybridized carbons (Fsp3) is 0.385. The maximum absolute atomic E-state index is 12.2. The lowest BCUT2D eigenvalue weighted by atomic mass is 10.1. The summed E-state index contributed by atoms with van der Waals surface area (Å²) in [5.41, 5.74) is 8.03. The fourth-order valence-corrected chi connectivity index (χ4v) is 2.09. The van der Waals surface area contributed by atoms with Gasteiger partial charge < -0.3 is 10.3 Å². The maximum Gasteiger partial charge on any atom is 0.0911 e. The van der Waals surface area contributed by atoms with E-state index in [4.69, 9.17) is 5.73 Å². The molecule has 2 aromatic rings. The van der Waals surface area contributed by atoms with Gasteiger partial charge in [0.2, 0.25) is 0 Å². The summed E-state index contributed by atoms with van der Waals surface area (Å²) in [5.74, 6) is 0. The largest absolute Gasteiger partial charge is 0.347 e. The predicted molar refractivity (Wildman–Crippen MR) is 65.3 cm³/mol. The van der Waals surface area contributed by atoms with Crippen LogP contribution in [0.3, 0.4) is 0 Å². The topological polar surface area (TPSA) is 30.9 Å². The second-order valence-electron chi connectivity index (χ2n) is 3.95. The van der Waals surface area contributed by atoms with Crippen LogP contribution in [0, 0.1) is 0 Å². The smallest absolute Gasteiger partial charge is 0.0911 e. The summed E-state index contributed by atoms with van der Waals surface area (Å²) in [6, 6.07) is 8.22. The van der Waals surface area contributed by atoms with Crippen molar-refractivity contribution in [3.63, 3.8) is 0 Å². The molecule has 2 rings (SSSR count). The molecule has 0 saturated carbocycles. The summed E-state index contributed by atoms with van der Waals surface area (Å²) in [7, 11) is 0. The van der Waals surface area contributed by atoms with Crippen LogP contribution in [-0.4, -0.2) is 17.8 Å². The molecule has 0 amide bonds. The van der Waals surface area contributed by atoms with E-state index in [1.165, 1.54) is 16.5 Å². The molecule has 0 radical (unpaired) electrons. The minimum Gasteiger partial charge on any atom is -0.347 e. The molecule has 0 aliphatic heterocycles. The van der Waals surface area contributed by atoms with Crippen molar-refractivity contribution in [2.45, 2.75) is 19.4 Å². The first-order valence-corrected chi connectivity index (χ1v) is 5.69. The quantitative estimate of drug-likeness (QED) is 0.824. The number of aromatic nitrogens is 1. The monoisotopic (exact) mass is 220 g/mol. The van der Waals surface area contributed by atoms with Crippen LogP contribution in [0.25, 0.3) is 10.9 Å². The van der Waals surface area contributed by atoms with Gasteiger partial charge in [-0.15, -0.1) is 0 Å². The summed E-state index contributed by atoms with van der Waals surface area (Å²) < 4.78 is 14.3. The molecule has 0 spiro atoms. The van der Waals surface area contributed by atoms with Gasteiger partial charge in [0.05, 0.1) is 6.67 Å². The highest BCUT2D eigenvalue weighted by Crippen LogP contribution is 2.21. The maximum atomic E-state index is 12.2. The molecular weight excluding hydrogens is 203 g/mol. The molecule has 0 atom stereocenters. The third-order valence-electron chi connectivity index (χ3n) is 2.82. The Balaban J connectivity index is 2.40. The Morgan fingerprint density at radius 1 is 1.25 bits per heavy atom. The highest BCUT2D eigenvalue weighted by molar-refractivity contribution is 5.84. The Morgan fingerprint density at radius 3 is 2.81 bits per heavy atom. The van der Waals surface area contributed by atoms with Gasteiger partial charge in [-0.1, -0.05) is 18.2 Å². The normalized spacial score (nSPS) is 11.1. The molecule has 0 unspecified atom stereocenters. The number of nitrogens with two attached hydrogens (primary N) is 1. The van der Waals surface area contributed by atoms with E-state index >= 15 is 0 Å². The molecule has 16 heavy (non-hydrogen) atoms. The SMILES string of the molecule is NCCc1cn(CCCF)c2ccccc12. The Labute approximate surface area is 94.9 Å². The first-order valence-electron chi connectivity index (χ1n) is 5.69. The summed E-state index contributed by atoms with van der Waals surface area (Å²) in [6.45, 7) is 1.12. The zero-order chi connectivity index (χ0) is 11.4. The molecule has 0 aliphatic carbocycles. The summed E-state index contributed by atoms with van der Waals surface area (Å²) >= 11 is 0. The number of hydrogen-bond acceptors (Lipinski definition) is 1. The van der Waals surface area contributed by atoms with Gasteiger partial charge in [-0.2, -0.15) is 0 Å². The third kappa shape index (κ3) is 2.09. The highest BCUT2D eigenvalue weighted by atomic mass is 19.1. The second-order valence-corrected chi connectivity index (χ2v) is 3.95. The number of aryl methyl sites for hydroxylation is 1. The van der Waals surface area contributed by atoms with E-state index in [1.54, 1.807) is 0 Å². The summed E-state index contributed by atoms with van der Waals surface area (Å²) in [4.78, 5) is 0. The minimum absolute atomic E-state index is 0.265. The number of nitrogens with zero attached hydrogens (tertiary/aromatic N) is 1. The molecule has 2 nitrogen and oxygen atoms in total. The van der Waals surface area contributed by atoms with Crippen LogP contribution in [0.5, 0.6) is 0 Å².